The fourth-order valence-electron chi connectivity index (χ4n) is 1.30. The second kappa shape index (κ2) is 4.99. The van der Waals surface area contributed by atoms with Crippen molar-refractivity contribution >= 4 is 22.2 Å². The fourth-order valence-corrected chi connectivity index (χ4v) is 1.85. The molecule has 1 heterocycles. The van der Waals surface area contributed by atoms with Crippen molar-refractivity contribution in [3.63, 3.8) is 0 Å². The number of nitrogens with zero attached hydrogens (tertiary/aromatic N) is 1. The highest BCUT2D eigenvalue weighted by molar-refractivity contribution is 7.13. The number of nitrogens with one attached hydrogen (secondary N) is 1. The van der Waals surface area contributed by atoms with Crippen LogP contribution in [0.3, 0.4) is 0 Å². The lowest BCUT2D eigenvalue weighted by Gasteiger charge is -2.10. The maximum Gasteiger partial charge on any atom is 0.187 e. The van der Waals surface area contributed by atoms with E-state index in [2.05, 4.69) is 10.3 Å². The average Bonchev–Trinajstić information content (AvgIpc) is 2.73. The number of hydrogen-bond acceptors (Lipinski definition) is 4. The normalized spacial score (nSPS) is 10.4. The van der Waals surface area contributed by atoms with Crippen LogP contribution in [0.25, 0.3) is 0 Å². The van der Waals surface area contributed by atoms with Crippen LogP contribution in [0.1, 0.15) is 13.8 Å². The number of hydrogen-bond donors (Lipinski definition) is 1. The lowest BCUT2D eigenvalue weighted by atomic mass is 10.3. The van der Waals surface area contributed by atoms with Crippen molar-refractivity contribution in [2.45, 2.75) is 20.0 Å². The monoisotopic (exact) mass is 234 g/mol. The van der Waals surface area contributed by atoms with E-state index in [-0.39, 0.29) is 6.10 Å². The number of ether oxygens (including phenoxy) is 1. The van der Waals surface area contributed by atoms with Crippen LogP contribution in [0.4, 0.5) is 10.8 Å². The summed E-state index contributed by atoms with van der Waals surface area (Å²) in [6, 6.07) is 7.88. The van der Waals surface area contributed by atoms with E-state index < -0.39 is 0 Å². The summed E-state index contributed by atoms with van der Waals surface area (Å²) < 4.78 is 5.56. The fraction of sp³-hybridized carbons (Fsp3) is 0.250. The van der Waals surface area contributed by atoms with E-state index in [1.165, 1.54) is 0 Å². The average molecular weight is 234 g/mol. The summed E-state index contributed by atoms with van der Waals surface area (Å²) >= 11 is 1.58. The zero-order valence-electron chi connectivity index (χ0n) is 9.31. The van der Waals surface area contributed by atoms with Crippen molar-refractivity contribution in [1.82, 2.24) is 4.98 Å². The van der Waals surface area contributed by atoms with Gasteiger partial charge in [-0.15, -0.1) is 11.3 Å². The molecule has 0 bridgehead atoms. The second-order valence-corrected chi connectivity index (χ2v) is 4.55. The second-order valence-electron chi connectivity index (χ2n) is 3.65. The molecule has 0 aliphatic carbocycles. The molecule has 84 valence electrons. The quantitative estimate of drug-likeness (QED) is 0.876. The van der Waals surface area contributed by atoms with E-state index >= 15 is 0 Å². The Hall–Kier alpha value is -1.55. The maximum absolute atomic E-state index is 5.56. The molecule has 1 aromatic heterocycles. The molecule has 1 aromatic carbocycles. The van der Waals surface area contributed by atoms with Crippen LogP contribution in [0.2, 0.25) is 0 Å². The Labute approximate surface area is 99.1 Å². The van der Waals surface area contributed by atoms with Crippen LogP contribution in [-0.2, 0) is 0 Å². The predicted octanol–water partition coefficient (Wildman–Crippen LogP) is 3.67. The van der Waals surface area contributed by atoms with Crippen molar-refractivity contribution in [3.05, 3.63) is 35.8 Å². The zero-order valence-corrected chi connectivity index (χ0v) is 10.1. The summed E-state index contributed by atoms with van der Waals surface area (Å²) in [4.78, 5) is 4.16. The molecule has 0 saturated heterocycles. The third-order valence-corrected chi connectivity index (χ3v) is 2.60. The Kier molecular flexibility index (Phi) is 3.41. The first-order chi connectivity index (χ1) is 7.74. The Morgan fingerprint density at radius 1 is 1.25 bits per heavy atom. The minimum Gasteiger partial charge on any atom is -0.491 e. The van der Waals surface area contributed by atoms with E-state index in [1.54, 1.807) is 17.5 Å². The Morgan fingerprint density at radius 3 is 2.56 bits per heavy atom. The molecule has 1 N–H and O–H groups in total. The van der Waals surface area contributed by atoms with Crippen LogP contribution < -0.4 is 10.1 Å². The van der Waals surface area contributed by atoms with Crippen LogP contribution in [0, 0.1) is 0 Å². The van der Waals surface area contributed by atoms with Crippen molar-refractivity contribution in [1.29, 1.82) is 0 Å². The van der Waals surface area contributed by atoms with Gasteiger partial charge in [-0.1, -0.05) is 0 Å². The SMILES string of the molecule is CC(C)Oc1ccc(Nc2nccs2)cc1. The van der Waals surface area contributed by atoms with Crippen LogP contribution >= 0.6 is 11.3 Å². The summed E-state index contributed by atoms with van der Waals surface area (Å²) in [5, 5.41) is 6.06. The van der Waals surface area contributed by atoms with Gasteiger partial charge in [0.2, 0.25) is 0 Å². The van der Waals surface area contributed by atoms with Gasteiger partial charge >= 0.3 is 0 Å². The number of rotatable bonds is 4. The van der Waals surface area contributed by atoms with E-state index in [0.29, 0.717) is 0 Å². The van der Waals surface area contributed by atoms with Gasteiger partial charge in [-0.3, -0.25) is 0 Å². The minimum atomic E-state index is 0.206. The Morgan fingerprint density at radius 2 is 2.00 bits per heavy atom. The topological polar surface area (TPSA) is 34.1 Å². The highest BCUT2D eigenvalue weighted by atomic mass is 32.1. The molecule has 0 unspecified atom stereocenters. The number of aromatic nitrogens is 1. The van der Waals surface area contributed by atoms with E-state index in [1.807, 2.05) is 43.5 Å². The number of benzene rings is 1. The summed E-state index contributed by atoms with van der Waals surface area (Å²) in [5.41, 5.74) is 1.02. The zero-order chi connectivity index (χ0) is 11.4. The van der Waals surface area contributed by atoms with Gasteiger partial charge in [-0.05, 0) is 38.1 Å². The smallest absolute Gasteiger partial charge is 0.187 e. The van der Waals surface area contributed by atoms with Crippen LogP contribution in [-0.4, -0.2) is 11.1 Å². The van der Waals surface area contributed by atoms with Gasteiger partial charge in [0.1, 0.15) is 5.75 Å². The standard InChI is InChI=1S/C12H14N2OS/c1-9(2)15-11-5-3-10(4-6-11)14-12-13-7-8-16-12/h3-9H,1-2H3,(H,13,14). The Balaban J connectivity index is 2.02. The van der Waals surface area contributed by atoms with E-state index in [4.69, 9.17) is 4.74 Å². The van der Waals surface area contributed by atoms with Gasteiger partial charge in [0, 0.05) is 17.3 Å². The van der Waals surface area contributed by atoms with Gasteiger partial charge in [-0.2, -0.15) is 0 Å². The molecule has 0 atom stereocenters. The van der Waals surface area contributed by atoms with Crippen molar-refractivity contribution in [2.75, 3.05) is 5.32 Å². The van der Waals surface area contributed by atoms with Gasteiger partial charge in [0.05, 0.1) is 6.10 Å². The van der Waals surface area contributed by atoms with Crippen molar-refractivity contribution in [3.8, 4) is 5.75 Å². The van der Waals surface area contributed by atoms with Crippen molar-refractivity contribution < 1.29 is 4.74 Å². The molecule has 2 rings (SSSR count). The maximum atomic E-state index is 5.56. The van der Waals surface area contributed by atoms with Crippen molar-refractivity contribution in [2.24, 2.45) is 0 Å². The Bertz CT molecular complexity index is 423. The van der Waals surface area contributed by atoms with Gasteiger partial charge in [0.15, 0.2) is 5.13 Å². The molecule has 16 heavy (non-hydrogen) atoms. The first kappa shape index (κ1) is 11.0. The predicted molar refractivity (Wildman–Crippen MR) is 67.6 cm³/mol. The van der Waals surface area contributed by atoms with Gasteiger partial charge in [0.25, 0.3) is 0 Å². The van der Waals surface area contributed by atoms with Gasteiger partial charge in [-0.25, -0.2) is 4.98 Å². The summed E-state index contributed by atoms with van der Waals surface area (Å²) in [7, 11) is 0. The molecule has 0 fully saturated rings. The van der Waals surface area contributed by atoms with Gasteiger partial charge < -0.3 is 10.1 Å². The molecule has 2 aromatic rings. The van der Waals surface area contributed by atoms with Crippen LogP contribution in [0.15, 0.2) is 35.8 Å². The molecule has 0 aliphatic heterocycles. The van der Waals surface area contributed by atoms with E-state index in [9.17, 15) is 0 Å². The molecule has 0 spiro atoms. The molecule has 0 aliphatic rings. The summed E-state index contributed by atoms with van der Waals surface area (Å²) in [5.74, 6) is 0.889. The number of thiazole rings is 1. The molecule has 0 amide bonds. The first-order valence-electron chi connectivity index (χ1n) is 5.17. The molecule has 3 nitrogen and oxygen atoms in total. The molecular weight excluding hydrogens is 220 g/mol. The number of anilines is 2. The van der Waals surface area contributed by atoms with Crippen LogP contribution in [0.5, 0.6) is 5.75 Å². The molecule has 0 saturated carbocycles. The largest absolute Gasteiger partial charge is 0.491 e. The molecular formula is C12H14N2OS. The van der Waals surface area contributed by atoms with E-state index in [0.717, 1.165) is 16.6 Å². The summed E-state index contributed by atoms with van der Waals surface area (Å²) in [6.45, 7) is 4.03. The first-order valence-corrected chi connectivity index (χ1v) is 6.05. The third-order valence-electron chi connectivity index (χ3n) is 1.91. The lowest BCUT2D eigenvalue weighted by Crippen LogP contribution is -2.05. The lowest BCUT2D eigenvalue weighted by molar-refractivity contribution is 0.242. The highest BCUT2D eigenvalue weighted by Gasteiger charge is 1.99. The molecule has 0 radical (unpaired) electrons. The summed E-state index contributed by atoms with van der Waals surface area (Å²) in [6.07, 6.45) is 1.99. The minimum absolute atomic E-state index is 0.206. The third kappa shape index (κ3) is 2.97. The molecule has 4 heteroatoms. The highest BCUT2D eigenvalue weighted by Crippen LogP contribution is 2.21.